The Morgan fingerprint density at radius 3 is 2.46 bits per heavy atom. The Labute approximate surface area is 155 Å². The normalized spacial score (nSPS) is 15.1. The van der Waals surface area contributed by atoms with Crippen LogP contribution in [0.25, 0.3) is 0 Å². The van der Waals surface area contributed by atoms with Crippen LogP contribution in [0.3, 0.4) is 0 Å². The maximum atomic E-state index is 12.4. The number of benzene rings is 2. The average molecular weight is 350 g/mol. The molecule has 0 spiro atoms. The highest BCUT2D eigenvalue weighted by molar-refractivity contribution is 5.94. The highest BCUT2D eigenvalue weighted by Gasteiger charge is 2.20. The van der Waals surface area contributed by atoms with Crippen LogP contribution in [0.15, 0.2) is 54.6 Å². The van der Waals surface area contributed by atoms with Gasteiger partial charge in [0.1, 0.15) is 0 Å². The van der Waals surface area contributed by atoms with E-state index < -0.39 is 0 Å². The van der Waals surface area contributed by atoms with Crippen molar-refractivity contribution in [3.8, 4) is 0 Å². The van der Waals surface area contributed by atoms with Crippen LogP contribution in [0.5, 0.6) is 0 Å². The van der Waals surface area contributed by atoms with Crippen molar-refractivity contribution in [2.45, 2.75) is 45.2 Å². The van der Waals surface area contributed by atoms with Gasteiger partial charge in [0.2, 0.25) is 5.91 Å². The molecular formula is C22H26N2O2. The second kappa shape index (κ2) is 8.65. The van der Waals surface area contributed by atoms with Gasteiger partial charge in [0, 0.05) is 31.1 Å². The zero-order chi connectivity index (χ0) is 18.4. The summed E-state index contributed by atoms with van der Waals surface area (Å²) in [6.45, 7) is 3.50. The van der Waals surface area contributed by atoms with Gasteiger partial charge in [-0.05, 0) is 49.4 Å². The van der Waals surface area contributed by atoms with E-state index in [0.717, 1.165) is 31.4 Å². The van der Waals surface area contributed by atoms with Crippen molar-refractivity contribution >= 4 is 11.8 Å². The number of nitrogens with zero attached hydrogens (tertiary/aromatic N) is 1. The Bertz CT molecular complexity index is 740. The van der Waals surface area contributed by atoms with Crippen LogP contribution in [-0.4, -0.2) is 29.3 Å². The van der Waals surface area contributed by atoms with Crippen LogP contribution in [0.4, 0.5) is 0 Å². The lowest BCUT2D eigenvalue weighted by Crippen LogP contribution is -2.32. The third kappa shape index (κ3) is 4.94. The van der Waals surface area contributed by atoms with Gasteiger partial charge in [-0.1, -0.05) is 42.5 Å². The van der Waals surface area contributed by atoms with Crippen LogP contribution in [0.2, 0.25) is 0 Å². The number of rotatable bonds is 7. The van der Waals surface area contributed by atoms with Crippen molar-refractivity contribution in [3.05, 3.63) is 71.3 Å². The van der Waals surface area contributed by atoms with Crippen LogP contribution >= 0.6 is 0 Å². The van der Waals surface area contributed by atoms with Crippen molar-refractivity contribution < 1.29 is 9.59 Å². The molecule has 2 amide bonds. The zero-order valence-corrected chi connectivity index (χ0v) is 15.3. The van der Waals surface area contributed by atoms with Crippen molar-refractivity contribution in [2.24, 2.45) is 0 Å². The molecule has 3 rings (SSSR count). The number of amides is 2. The standard InChI is InChI=1S/C22H26N2O2/c1-17(9-10-18-6-3-2-4-7-18)23-22(26)20-13-11-19(12-14-20)16-24-15-5-8-21(24)25/h2-4,6-7,11-14,17H,5,8-10,15-16H2,1H3,(H,23,26)/t17-/m1/s1. The summed E-state index contributed by atoms with van der Waals surface area (Å²) >= 11 is 0. The Morgan fingerprint density at radius 2 is 1.81 bits per heavy atom. The van der Waals surface area contributed by atoms with Gasteiger partial charge in [0.05, 0.1) is 0 Å². The molecule has 0 aliphatic carbocycles. The molecule has 2 aromatic rings. The van der Waals surface area contributed by atoms with E-state index in [-0.39, 0.29) is 17.9 Å². The summed E-state index contributed by atoms with van der Waals surface area (Å²) < 4.78 is 0. The quantitative estimate of drug-likeness (QED) is 0.830. The zero-order valence-electron chi connectivity index (χ0n) is 15.3. The van der Waals surface area contributed by atoms with Crippen molar-refractivity contribution in [1.29, 1.82) is 0 Å². The molecule has 2 aromatic carbocycles. The summed E-state index contributed by atoms with van der Waals surface area (Å²) in [6.07, 6.45) is 3.46. The summed E-state index contributed by atoms with van der Waals surface area (Å²) in [6, 6.07) is 18.0. The van der Waals surface area contributed by atoms with E-state index in [1.165, 1.54) is 5.56 Å². The number of nitrogens with one attached hydrogen (secondary N) is 1. The summed E-state index contributed by atoms with van der Waals surface area (Å²) in [5.74, 6) is 0.174. The Hall–Kier alpha value is -2.62. The fraction of sp³-hybridized carbons (Fsp3) is 0.364. The third-order valence-corrected chi connectivity index (χ3v) is 4.85. The first kappa shape index (κ1) is 18.2. The summed E-state index contributed by atoms with van der Waals surface area (Å²) in [5.41, 5.74) is 3.01. The highest BCUT2D eigenvalue weighted by atomic mass is 16.2. The molecule has 1 fully saturated rings. The second-order valence-electron chi connectivity index (χ2n) is 7.01. The summed E-state index contributed by atoms with van der Waals surface area (Å²) in [7, 11) is 0. The molecule has 4 nitrogen and oxygen atoms in total. The van der Waals surface area contributed by atoms with E-state index >= 15 is 0 Å². The number of aryl methyl sites for hydroxylation is 1. The van der Waals surface area contributed by atoms with Gasteiger partial charge in [-0.25, -0.2) is 0 Å². The lowest BCUT2D eigenvalue weighted by atomic mass is 10.1. The molecule has 1 atom stereocenters. The van der Waals surface area contributed by atoms with E-state index in [4.69, 9.17) is 0 Å². The fourth-order valence-corrected chi connectivity index (χ4v) is 3.26. The number of hydrogen-bond acceptors (Lipinski definition) is 2. The lowest BCUT2D eigenvalue weighted by molar-refractivity contribution is -0.128. The van der Waals surface area contributed by atoms with Crippen LogP contribution in [0, 0.1) is 0 Å². The Kier molecular flexibility index (Phi) is 6.05. The average Bonchev–Trinajstić information content (AvgIpc) is 3.06. The smallest absolute Gasteiger partial charge is 0.251 e. The number of hydrogen-bond donors (Lipinski definition) is 1. The first-order valence-electron chi connectivity index (χ1n) is 9.33. The van der Waals surface area contributed by atoms with Crippen LogP contribution in [-0.2, 0) is 17.8 Å². The Balaban J connectivity index is 1.48. The minimum Gasteiger partial charge on any atom is -0.350 e. The van der Waals surface area contributed by atoms with Crippen molar-refractivity contribution in [3.63, 3.8) is 0 Å². The first-order chi connectivity index (χ1) is 12.6. The highest BCUT2D eigenvalue weighted by Crippen LogP contribution is 2.15. The molecule has 1 aliphatic rings. The molecule has 0 saturated carbocycles. The van der Waals surface area contributed by atoms with E-state index in [0.29, 0.717) is 18.5 Å². The van der Waals surface area contributed by atoms with E-state index in [1.54, 1.807) is 0 Å². The predicted octanol–water partition coefficient (Wildman–Crippen LogP) is 3.56. The van der Waals surface area contributed by atoms with Gasteiger partial charge in [0.15, 0.2) is 0 Å². The molecule has 26 heavy (non-hydrogen) atoms. The molecule has 0 unspecified atom stereocenters. The molecule has 0 bridgehead atoms. The monoisotopic (exact) mass is 350 g/mol. The van der Waals surface area contributed by atoms with Gasteiger partial charge in [0.25, 0.3) is 5.91 Å². The maximum absolute atomic E-state index is 12.4. The molecule has 1 N–H and O–H groups in total. The number of carbonyl (C=O) groups excluding carboxylic acids is 2. The minimum absolute atomic E-state index is 0.0469. The molecule has 4 heteroatoms. The molecule has 0 radical (unpaired) electrons. The van der Waals surface area contributed by atoms with Gasteiger partial charge < -0.3 is 10.2 Å². The van der Waals surface area contributed by atoms with Crippen molar-refractivity contribution in [2.75, 3.05) is 6.54 Å². The molecule has 0 aromatic heterocycles. The second-order valence-corrected chi connectivity index (χ2v) is 7.01. The molecule has 136 valence electrons. The number of carbonyl (C=O) groups is 2. The molecular weight excluding hydrogens is 324 g/mol. The Morgan fingerprint density at radius 1 is 1.08 bits per heavy atom. The van der Waals surface area contributed by atoms with E-state index in [1.807, 2.05) is 54.3 Å². The number of likely N-dealkylation sites (tertiary alicyclic amines) is 1. The van der Waals surface area contributed by atoms with Crippen LogP contribution < -0.4 is 5.32 Å². The molecule has 1 saturated heterocycles. The lowest BCUT2D eigenvalue weighted by Gasteiger charge is -2.16. The SMILES string of the molecule is C[C@H](CCc1ccccc1)NC(=O)c1ccc(CN2CCCC2=O)cc1. The molecule has 1 aliphatic heterocycles. The minimum atomic E-state index is -0.0469. The van der Waals surface area contributed by atoms with Gasteiger partial charge >= 0.3 is 0 Å². The summed E-state index contributed by atoms with van der Waals surface area (Å²) in [4.78, 5) is 26.0. The van der Waals surface area contributed by atoms with Gasteiger partial charge in [-0.15, -0.1) is 0 Å². The predicted molar refractivity (Wildman–Crippen MR) is 103 cm³/mol. The third-order valence-electron chi connectivity index (χ3n) is 4.85. The maximum Gasteiger partial charge on any atom is 0.251 e. The topological polar surface area (TPSA) is 49.4 Å². The van der Waals surface area contributed by atoms with Gasteiger partial charge in [-0.3, -0.25) is 9.59 Å². The van der Waals surface area contributed by atoms with E-state index in [2.05, 4.69) is 17.4 Å². The fourth-order valence-electron chi connectivity index (χ4n) is 3.26. The first-order valence-corrected chi connectivity index (χ1v) is 9.33. The van der Waals surface area contributed by atoms with Crippen LogP contribution in [0.1, 0.15) is 47.7 Å². The summed E-state index contributed by atoms with van der Waals surface area (Å²) in [5, 5.41) is 3.06. The van der Waals surface area contributed by atoms with Gasteiger partial charge in [-0.2, -0.15) is 0 Å². The largest absolute Gasteiger partial charge is 0.350 e. The molecule has 1 heterocycles. The van der Waals surface area contributed by atoms with Crippen molar-refractivity contribution in [1.82, 2.24) is 10.2 Å². The van der Waals surface area contributed by atoms with E-state index in [9.17, 15) is 9.59 Å².